The van der Waals surface area contributed by atoms with Gasteiger partial charge in [0.05, 0.1) is 23.6 Å². The number of carbonyl (C=O) groups excluding carboxylic acids is 2. The van der Waals surface area contributed by atoms with Gasteiger partial charge in [-0.05, 0) is 55.7 Å². The van der Waals surface area contributed by atoms with Gasteiger partial charge in [0.25, 0.3) is 0 Å². The number of carboxylic acids is 1. The molecule has 3 heterocycles. The SMILES string of the molecule is CC1CCC([C@H](NC(=O)OCc2ccccc2)c2cn3nc(CC4(C(=O)O)C[C@@H](C)NC4=O)ccc3n2)CC1. The molecule has 2 amide bonds. The largest absolute Gasteiger partial charge is 0.480 e. The lowest BCUT2D eigenvalue weighted by Gasteiger charge is -2.32. The molecule has 10 nitrogen and oxygen atoms in total. The molecule has 1 saturated carbocycles. The highest BCUT2D eigenvalue weighted by Gasteiger charge is 2.52. The fourth-order valence-electron chi connectivity index (χ4n) is 5.88. The minimum Gasteiger partial charge on any atom is -0.480 e. The van der Waals surface area contributed by atoms with Crippen molar-refractivity contribution < 1.29 is 24.2 Å². The number of fused-ring (bicyclic) bond motifs is 1. The van der Waals surface area contributed by atoms with Crippen molar-refractivity contribution in [3.63, 3.8) is 0 Å². The van der Waals surface area contributed by atoms with Gasteiger partial charge >= 0.3 is 12.1 Å². The second-order valence-electron chi connectivity index (χ2n) is 11.1. The zero-order valence-corrected chi connectivity index (χ0v) is 22.3. The Morgan fingerprint density at radius 3 is 2.56 bits per heavy atom. The molecule has 206 valence electrons. The van der Waals surface area contributed by atoms with E-state index in [1.807, 2.05) is 30.3 Å². The van der Waals surface area contributed by atoms with E-state index >= 15 is 0 Å². The van der Waals surface area contributed by atoms with Gasteiger partial charge in [-0.1, -0.05) is 50.1 Å². The number of hydrogen-bond donors (Lipinski definition) is 3. The fraction of sp³-hybridized carbons (Fsp3) is 0.483. The molecule has 0 radical (unpaired) electrons. The number of carbonyl (C=O) groups is 3. The van der Waals surface area contributed by atoms with Crippen LogP contribution in [-0.4, -0.2) is 43.7 Å². The first-order chi connectivity index (χ1) is 18.7. The number of alkyl carbamates (subject to hydrolysis) is 1. The maximum atomic E-state index is 12.8. The third-order valence-corrected chi connectivity index (χ3v) is 8.09. The number of ether oxygens (including phenoxy) is 1. The number of aromatic nitrogens is 3. The van der Waals surface area contributed by atoms with Crippen molar-refractivity contribution in [1.29, 1.82) is 0 Å². The molecule has 0 spiro atoms. The Morgan fingerprint density at radius 1 is 1.15 bits per heavy atom. The monoisotopic (exact) mass is 533 g/mol. The van der Waals surface area contributed by atoms with Crippen LogP contribution in [-0.2, 0) is 27.4 Å². The summed E-state index contributed by atoms with van der Waals surface area (Å²) in [6, 6.07) is 12.4. The molecule has 10 heteroatoms. The van der Waals surface area contributed by atoms with Crippen LogP contribution in [0.5, 0.6) is 0 Å². The highest BCUT2D eigenvalue weighted by atomic mass is 16.5. The van der Waals surface area contributed by atoms with Crippen molar-refractivity contribution >= 4 is 23.6 Å². The number of nitrogens with zero attached hydrogens (tertiary/aromatic N) is 3. The van der Waals surface area contributed by atoms with Crippen LogP contribution in [0.1, 0.15) is 68.9 Å². The molecular formula is C29H35N5O5. The molecule has 5 rings (SSSR count). The molecule has 39 heavy (non-hydrogen) atoms. The molecule has 2 aromatic heterocycles. The van der Waals surface area contributed by atoms with Crippen LogP contribution < -0.4 is 10.6 Å². The van der Waals surface area contributed by atoms with E-state index in [0.29, 0.717) is 23.0 Å². The van der Waals surface area contributed by atoms with E-state index in [-0.39, 0.29) is 37.5 Å². The zero-order valence-electron chi connectivity index (χ0n) is 22.3. The Morgan fingerprint density at radius 2 is 1.90 bits per heavy atom. The lowest BCUT2D eigenvalue weighted by molar-refractivity contribution is -0.153. The van der Waals surface area contributed by atoms with Gasteiger partial charge in [0.2, 0.25) is 5.91 Å². The van der Waals surface area contributed by atoms with E-state index in [0.717, 1.165) is 31.2 Å². The summed E-state index contributed by atoms with van der Waals surface area (Å²) in [6.07, 6.45) is 5.55. The van der Waals surface area contributed by atoms with Gasteiger partial charge < -0.3 is 20.5 Å². The molecule has 2 aliphatic rings. The number of benzene rings is 1. The van der Waals surface area contributed by atoms with Crippen LogP contribution in [0.15, 0.2) is 48.7 Å². The average Bonchev–Trinajstić information content (AvgIpc) is 3.47. The first-order valence-electron chi connectivity index (χ1n) is 13.6. The minimum atomic E-state index is -1.55. The van der Waals surface area contributed by atoms with E-state index in [9.17, 15) is 19.5 Å². The molecule has 3 atom stereocenters. The quantitative estimate of drug-likeness (QED) is 0.372. The average molecular weight is 534 g/mol. The maximum Gasteiger partial charge on any atom is 0.408 e. The molecule has 2 fully saturated rings. The summed E-state index contributed by atoms with van der Waals surface area (Å²) >= 11 is 0. The molecular weight excluding hydrogens is 498 g/mol. The van der Waals surface area contributed by atoms with Gasteiger partial charge in [-0.25, -0.2) is 14.3 Å². The molecule has 1 saturated heterocycles. The highest BCUT2D eigenvalue weighted by Crippen LogP contribution is 2.37. The summed E-state index contributed by atoms with van der Waals surface area (Å²) in [5.41, 5.74) is 1.10. The molecule has 1 unspecified atom stereocenters. The zero-order chi connectivity index (χ0) is 27.6. The van der Waals surface area contributed by atoms with E-state index < -0.39 is 23.4 Å². The van der Waals surface area contributed by atoms with Crippen LogP contribution in [0.25, 0.3) is 5.65 Å². The second kappa shape index (κ2) is 11.0. The van der Waals surface area contributed by atoms with Crippen molar-refractivity contribution in [3.8, 4) is 0 Å². The van der Waals surface area contributed by atoms with Crippen LogP contribution >= 0.6 is 0 Å². The van der Waals surface area contributed by atoms with Crippen molar-refractivity contribution in [3.05, 3.63) is 65.6 Å². The third kappa shape index (κ3) is 5.74. The molecule has 1 aliphatic carbocycles. The molecule has 3 N–H and O–H groups in total. The number of aliphatic carboxylic acids is 1. The predicted octanol–water partition coefficient (Wildman–Crippen LogP) is 4.05. The van der Waals surface area contributed by atoms with Crippen LogP contribution in [0.2, 0.25) is 0 Å². The maximum absolute atomic E-state index is 12.8. The van der Waals surface area contributed by atoms with Gasteiger partial charge in [0.15, 0.2) is 11.1 Å². The molecule has 3 aromatic rings. The number of nitrogens with one attached hydrogen (secondary N) is 2. The predicted molar refractivity (Wildman–Crippen MR) is 143 cm³/mol. The molecule has 0 bridgehead atoms. The van der Waals surface area contributed by atoms with E-state index in [1.165, 1.54) is 0 Å². The normalized spacial score (nSPS) is 25.7. The number of imidazole rings is 1. The van der Waals surface area contributed by atoms with Crippen LogP contribution in [0.4, 0.5) is 4.79 Å². The number of amides is 2. The summed E-state index contributed by atoms with van der Waals surface area (Å²) < 4.78 is 7.12. The summed E-state index contributed by atoms with van der Waals surface area (Å²) in [6.45, 7) is 4.22. The number of carboxylic acid groups (broad SMARTS) is 1. The Balaban J connectivity index is 1.37. The van der Waals surface area contributed by atoms with Gasteiger partial charge in [-0.3, -0.25) is 9.59 Å². The first-order valence-corrected chi connectivity index (χ1v) is 13.6. The smallest absolute Gasteiger partial charge is 0.408 e. The lowest BCUT2D eigenvalue weighted by Crippen LogP contribution is -2.41. The van der Waals surface area contributed by atoms with Gasteiger partial charge in [0, 0.05) is 12.5 Å². The van der Waals surface area contributed by atoms with Crippen molar-refractivity contribution in [2.75, 3.05) is 0 Å². The lowest BCUT2D eigenvalue weighted by atomic mass is 9.78. The topological polar surface area (TPSA) is 135 Å². The summed E-state index contributed by atoms with van der Waals surface area (Å²) in [4.78, 5) is 42.3. The summed E-state index contributed by atoms with van der Waals surface area (Å²) in [5, 5.41) is 20.3. The summed E-state index contributed by atoms with van der Waals surface area (Å²) in [5.74, 6) is -0.786. The summed E-state index contributed by atoms with van der Waals surface area (Å²) in [7, 11) is 0. The third-order valence-electron chi connectivity index (χ3n) is 8.09. The Labute approximate surface area is 227 Å². The van der Waals surface area contributed by atoms with E-state index in [1.54, 1.807) is 29.8 Å². The molecule has 1 aliphatic heterocycles. The van der Waals surface area contributed by atoms with Gasteiger partial charge in [-0.2, -0.15) is 5.10 Å². The number of hydrogen-bond acceptors (Lipinski definition) is 6. The van der Waals surface area contributed by atoms with Gasteiger partial charge in [-0.15, -0.1) is 0 Å². The van der Waals surface area contributed by atoms with Crippen molar-refractivity contribution in [2.45, 2.75) is 71.1 Å². The highest BCUT2D eigenvalue weighted by molar-refractivity contribution is 6.04. The van der Waals surface area contributed by atoms with Crippen LogP contribution in [0, 0.1) is 17.3 Å². The molecule has 1 aromatic carbocycles. The Hall–Kier alpha value is -3.95. The fourth-order valence-corrected chi connectivity index (χ4v) is 5.88. The van der Waals surface area contributed by atoms with Crippen molar-refractivity contribution in [1.82, 2.24) is 25.2 Å². The van der Waals surface area contributed by atoms with E-state index in [2.05, 4.69) is 22.7 Å². The minimum absolute atomic E-state index is 0.0179. The van der Waals surface area contributed by atoms with E-state index in [4.69, 9.17) is 9.72 Å². The van der Waals surface area contributed by atoms with Gasteiger partial charge in [0.1, 0.15) is 6.61 Å². The Bertz CT molecular complexity index is 1350. The second-order valence-corrected chi connectivity index (χ2v) is 11.1. The number of rotatable bonds is 8. The first kappa shape index (κ1) is 26.6. The van der Waals surface area contributed by atoms with Crippen molar-refractivity contribution in [2.24, 2.45) is 17.3 Å². The Kier molecular flexibility index (Phi) is 7.54. The van der Waals surface area contributed by atoms with Crippen LogP contribution in [0.3, 0.4) is 0 Å². The standard InChI is InChI=1S/C29H35N5O5/c1-18-8-10-21(11-9-18)25(32-28(38)39-17-20-6-4-3-5-7-20)23-16-34-24(31-23)13-12-22(33-34)15-29(27(36)37)14-19(2)30-26(29)35/h3-7,12-13,16,18-19,21,25H,8-11,14-15,17H2,1-2H3,(H,30,35)(H,32,38)(H,36,37)/t18?,19-,21?,25+,29?/m1/s1.